The van der Waals surface area contributed by atoms with Gasteiger partial charge in [-0.2, -0.15) is 0 Å². The van der Waals surface area contributed by atoms with Crippen molar-refractivity contribution in [1.82, 2.24) is 4.98 Å². The fraction of sp³-hybridized carbons (Fsp3) is 0.0714. The Morgan fingerprint density at radius 3 is 3.00 bits per heavy atom. The molecule has 0 radical (unpaired) electrons. The summed E-state index contributed by atoms with van der Waals surface area (Å²) in [6.07, 6.45) is 1.57. The zero-order valence-electron chi connectivity index (χ0n) is 11.1. The van der Waals surface area contributed by atoms with E-state index >= 15 is 0 Å². The van der Waals surface area contributed by atoms with Crippen molar-refractivity contribution in [1.29, 1.82) is 0 Å². The molecule has 0 atom stereocenters. The molecule has 3 aromatic rings. The van der Waals surface area contributed by atoms with Gasteiger partial charge in [-0.05, 0) is 24.3 Å². The molecular weight excluding hydrogens is 328 g/mol. The zero-order valence-corrected chi connectivity index (χ0v) is 12.6. The van der Waals surface area contributed by atoms with Gasteiger partial charge in [0.2, 0.25) is 0 Å². The number of thiazole rings is 1. The zero-order chi connectivity index (χ0) is 15.5. The van der Waals surface area contributed by atoms with Crippen molar-refractivity contribution in [2.45, 2.75) is 6.61 Å². The van der Waals surface area contributed by atoms with Crippen molar-refractivity contribution >= 4 is 28.6 Å². The van der Waals surface area contributed by atoms with Gasteiger partial charge in [-0.25, -0.2) is 4.98 Å². The van der Waals surface area contributed by atoms with Crippen LogP contribution in [0.5, 0.6) is 5.75 Å². The van der Waals surface area contributed by atoms with Gasteiger partial charge < -0.3 is 9.15 Å². The van der Waals surface area contributed by atoms with Crippen molar-refractivity contribution in [3.05, 3.63) is 62.8 Å². The number of aromatic nitrogens is 1. The number of nitro groups is 1. The smallest absolute Gasteiger partial charge is 0.312 e. The Hall–Kier alpha value is -2.38. The second kappa shape index (κ2) is 6.17. The Morgan fingerprint density at radius 1 is 1.41 bits per heavy atom. The molecule has 2 heterocycles. The highest BCUT2D eigenvalue weighted by Crippen LogP contribution is 2.31. The standard InChI is InChI=1S/C14H9ClN2O4S/c15-9-3-4-12(11(6-9)17(18)19)21-7-10-8-22-14(16-10)13-2-1-5-20-13/h1-6,8H,7H2. The molecular formula is C14H9ClN2O4S. The number of ether oxygens (including phenoxy) is 1. The lowest BCUT2D eigenvalue weighted by molar-refractivity contribution is -0.385. The van der Waals surface area contributed by atoms with Crippen molar-refractivity contribution in [3.63, 3.8) is 0 Å². The first-order valence-corrected chi connectivity index (χ1v) is 7.44. The van der Waals surface area contributed by atoms with Crippen LogP contribution in [0.25, 0.3) is 10.8 Å². The van der Waals surface area contributed by atoms with Gasteiger partial charge in [0.25, 0.3) is 0 Å². The third-order valence-corrected chi connectivity index (χ3v) is 3.92. The fourth-order valence-corrected chi connectivity index (χ4v) is 2.73. The molecule has 22 heavy (non-hydrogen) atoms. The van der Waals surface area contributed by atoms with Crippen LogP contribution in [-0.4, -0.2) is 9.91 Å². The van der Waals surface area contributed by atoms with E-state index in [1.807, 2.05) is 11.4 Å². The highest BCUT2D eigenvalue weighted by atomic mass is 35.5. The van der Waals surface area contributed by atoms with E-state index in [0.29, 0.717) is 11.5 Å². The number of nitrogens with zero attached hydrogens (tertiary/aromatic N) is 2. The average Bonchev–Trinajstić information content (AvgIpc) is 3.16. The first kappa shape index (κ1) is 14.6. The van der Waals surface area contributed by atoms with E-state index in [1.165, 1.54) is 23.5 Å². The van der Waals surface area contributed by atoms with Crippen molar-refractivity contribution in [3.8, 4) is 16.5 Å². The Balaban J connectivity index is 1.74. The van der Waals surface area contributed by atoms with E-state index in [2.05, 4.69) is 4.98 Å². The van der Waals surface area contributed by atoms with E-state index in [9.17, 15) is 10.1 Å². The Labute approximate surface area is 134 Å². The highest BCUT2D eigenvalue weighted by Gasteiger charge is 2.16. The molecule has 0 N–H and O–H groups in total. The molecule has 0 saturated carbocycles. The normalized spacial score (nSPS) is 10.6. The van der Waals surface area contributed by atoms with E-state index in [-0.39, 0.29) is 23.1 Å². The molecule has 0 saturated heterocycles. The summed E-state index contributed by atoms with van der Waals surface area (Å²) in [5.74, 6) is 0.829. The minimum atomic E-state index is -0.531. The van der Waals surface area contributed by atoms with Gasteiger partial charge in [0.15, 0.2) is 16.5 Å². The molecule has 8 heteroatoms. The number of benzene rings is 1. The largest absolute Gasteiger partial charge is 0.480 e. The molecule has 2 aromatic heterocycles. The van der Waals surface area contributed by atoms with Crippen LogP contribution >= 0.6 is 22.9 Å². The van der Waals surface area contributed by atoms with E-state index in [1.54, 1.807) is 18.4 Å². The predicted molar refractivity (Wildman–Crippen MR) is 82.3 cm³/mol. The summed E-state index contributed by atoms with van der Waals surface area (Å²) in [6.45, 7) is 0.125. The van der Waals surface area contributed by atoms with Gasteiger partial charge in [-0.1, -0.05) is 11.6 Å². The summed E-state index contributed by atoms with van der Waals surface area (Å²) >= 11 is 7.17. The van der Waals surface area contributed by atoms with Gasteiger partial charge in [-0.15, -0.1) is 11.3 Å². The van der Waals surface area contributed by atoms with Crippen LogP contribution in [0.3, 0.4) is 0 Å². The summed E-state index contributed by atoms with van der Waals surface area (Å²) in [5.41, 5.74) is 0.495. The molecule has 6 nitrogen and oxygen atoms in total. The summed E-state index contributed by atoms with van der Waals surface area (Å²) < 4.78 is 10.7. The topological polar surface area (TPSA) is 78.4 Å². The van der Waals surface area contributed by atoms with Crippen LogP contribution in [-0.2, 0) is 6.61 Å². The Morgan fingerprint density at radius 2 is 2.27 bits per heavy atom. The molecule has 0 fully saturated rings. The van der Waals surface area contributed by atoms with E-state index < -0.39 is 4.92 Å². The number of rotatable bonds is 5. The quantitative estimate of drug-likeness (QED) is 0.504. The molecule has 1 aromatic carbocycles. The van der Waals surface area contributed by atoms with Crippen molar-refractivity contribution in [2.75, 3.05) is 0 Å². The van der Waals surface area contributed by atoms with E-state index in [4.69, 9.17) is 20.8 Å². The number of hydrogen-bond donors (Lipinski definition) is 0. The first-order valence-electron chi connectivity index (χ1n) is 6.18. The van der Waals surface area contributed by atoms with Gasteiger partial charge in [-0.3, -0.25) is 10.1 Å². The summed E-state index contributed by atoms with van der Waals surface area (Å²) in [7, 11) is 0. The lowest BCUT2D eigenvalue weighted by Crippen LogP contribution is -1.99. The molecule has 112 valence electrons. The van der Waals surface area contributed by atoms with Crippen LogP contribution in [0, 0.1) is 10.1 Å². The molecule has 0 amide bonds. The van der Waals surface area contributed by atoms with Crippen LogP contribution in [0.1, 0.15) is 5.69 Å². The highest BCUT2D eigenvalue weighted by molar-refractivity contribution is 7.13. The molecule has 0 bridgehead atoms. The molecule has 0 aliphatic carbocycles. The maximum atomic E-state index is 11.0. The number of hydrogen-bond acceptors (Lipinski definition) is 6. The van der Waals surface area contributed by atoms with Crippen LogP contribution in [0.15, 0.2) is 46.4 Å². The summed E-state index contributed by atoms with van der Waals surface area (Å²) in [6, 6.07) is 7.86. The molecule has 0 unspecified atom stereocenters. The molecule has 0 aliphatic heterocycles. The van der Waals surface area contributed by atoms with Gasteiger partial charge in [0, 0.05) is 16.5 Å². The summed E-state index contributed by atoms with van der Waals surface area (Å²) in [5, 5.41) is 13.8. The second-order valence-corrected chi connectivity index (χ2v) is 5.57. The summed E-state index contributed by atoms with van der Waals surface area (Å²) in [4.78, 5) is 14.8. The maximum Gasteiger partial charge on any atom is 0.312 e. The Kier molecular flexibility index (Phi) is 4.08. The molecule has 0 aliphatic rings. The van der Waals surface area contributed by atoms with Gasteiger partial charge in [0.1, 0.15) is 6.61 Å². The lowest BCUT2D eigenvalue weighted by atomic mass is 10.3. The van der Waals surface area contributed by atoms with Gasteiger partial charge in [0.05, 0.1) is 16.9 Å². The van der Waals surface area contributed by atoms with Crippen LogP contribution in [0.2, 0.25) is 5.02 Å². The number of furan rings is 1. The molecule has 3 rings (SSSR count). The fourth-order valence-electron chi connectivity index (χ4n) is 1.79. The maximum absolute atomic E-state index is 11.0. The minimum Gasteiger partial charge on any atom is -0.480 e. The second-order valence-electron chi connectivity index (χ2n) is 4.28. The lowest BCUT2D eigenvalue weighted by Gasteiger charge is -2.05. The number of halogens is 1. The predicted octanol–water partition coefficient (Wildman–Crippen LogP) is 4.54. The van der Waals surface area contributed by atoms with Gasteiger partial charge >= 0.3 is 5.69 Å². The Bertz CT molecular complexity index is 801. The van der Waals surface area contributed by atoms with Crippen LogP contribution < -0.4 is 4.74 Å². The number of nitro benzene ring substituents is 1. The van der Waals surface area contributed by atoms with E-state index in [0.717, 1.165) is 5.01 Å². The van der Waals surface area contributed by atoms with Crippen LogP contribution in [0.4, 0.5) is 5.69 Å². The van der Waals surface area contributed by atoms with Crippen molar-refractivity contribution in [2.24, 2.45) is 0 Å². The SMILES string of the molecule is O=[N+]([O-])c1cc(Cl)ccc1OCc1csc(-c2ccco2)n1. The minimum absolute atomic E-state index is 0.125. The first-order chi connectivity index (χ1) is 10.6. The average molecular weight is 337 g/mol. The third kappa shape index (κ3) is 3.10. The molecule has 0 spiro atoms. The van der Waals surface area contributed by atoms with Crippen molar-refractivity contribution < 1.29 is 14.1 Å². The monoisotopic (exact) mass is 336 g/mol. The third-order valence-electron chi connectivity index (χ3n) is 2.78.